The minimum absolute atomic E-state index is 0.0281. The summed E-state index contributed by atoms with van der Waals surface area (Å²) in [6.45, 7) is 0. The highest BCUT2D eigenvalue weighted by molar-refractivity contribution is 5.94. The average Bonchev–Trinajstić information content (AvgIpc) is 0.794. The molecular formula is C68H56O29. The summed E-state index contributed by atoms with van der Waals surface area (Å²) in [5.41, 5.74) is -1.03. The summed E-state index contributed by atoms with van der Waals surface area (Å²) in [5.74, 6) is -5.04. The minimum atomic E-state index is -0.692. The van der Waals surface area contributed by atoms with Gasteiger partial charge >= 0.3 is 0 Å². The molecule has 0 atom stereocenters. The van der Waals surface area contributed by atoms with Crippen LogP contribution in [0.3, 0.4) is 0 Å². The molecule has 97 heavy (non-hydrogen) atoms. The van der Waals surface area contributed by atoms with Crippen LogP contribution in [0.15, 0.2) is 152 Å². The van der Waals surface area contributed by atoms with E-state index in [1.165, 1.54) is 130 Å². The van der Waals surface area contributed by atoms with Crippen molar-refractivity contribution in [2.75, 3.05) is 56.9 Å². The van der Waals surface area contributed by atoms with E-state index in [9.17, 15) is 85.6 Å². The van der Waals surface area contributed by atoms with Gasteiger partial charge in [0.25, 0.3) is 0 Å². The summed E-state index contributed by atoms with van der Waals surface area (Å²) in [7, 11) is 10.3. The van der Waals surface area contributed by atoms with Gasteiger partial charge in [-0.15, -0.1) is 0 Å². The molecule has 0 fully saturated rings. The van der Waals surface area contributed by atoms with Gasteiger partial charge in [-0.25, -0.2) is 0 Å². The Morgan fingerprint density at radius 2 is 0.546 bits per heavy atom. The fourth-order valence-electron chi connectivity index (χ4n) is 9.94. The molecule has 0 saturated heterocycles. The third-order valence-corrected chi connectivity index (χ3v) is 14.4. The number of methoxy groups -OCH3 is 8. The van der Waals surface area contributed by atoms with E-state index in [1.54, 1.807) is 24.3 Å². The lowest BCUT2D eigenvalue weighted by molar-refractivity contribution is 0.345. The Morgan fingerprint density at radius 1 is 0.247 bits per heavy atom. The average molecular weight is 1340 g/mol. The van der Waals surface area contributed by atoms with Crippen LogP contribution in [0.2, 0.25) is 0 Å². The highest BCUT2D eigenvalue weighted by atomic mass is 16.5. The Kier molecular flexibility index (Phi) is 19.4. The van der Waals surface area contributed by atoms with E-state index in [2.05, 4.69) is 0 Å². The number of rotatable bonds is 12. The molecule has 29 heteroatoms. The summed E-state index contributed by atoms with van der Waals surface area (Å²) in [4.78, 5) is 50.7. The SMILES string of the molecule is COc1c(-c2ccc(O)cc2)oc2cc(O)cc(O)c2c1=O.COc1c(O)cc2oc(-c3ccc(O)c(O)c3)c(OC)c(=O)c2c1O.COc1c(O)cc2oc(-c3ccc(O)cc3)c(OC)c(=O)c2c1O.COc1cc(-c2oc3cc(O)c(OC)c(O)c3c(=O)c2OC)ccc1O. The maximum absolute atomic E-state index is 12.8. The standard InChI is InChI=1S/C18H16O8.C17H14O8.C17H14O7.C16H12O6/c1-23-11-6-8(4-5-9(11)19)16-18(25-3)15(22)13-12(26-16)7-10(20)17(24-2)14(13)21;1-23-16-10(20)6-11-12(13(16)21)14(22)17(24-2)15(25-11)7-3-4-8(18)9(19)5-7;1-22-16-10(19)7-11-12(13(16)20)14(21)17(23-2)15(24-11)8-3-5-9(18)6-4-8;1-21-16-14(20)13-11(19)6-10(18)7-12(13)22-15(16)8-2-4-9(17)5-3-8/h4-7,19-21H,1-3H3;3-6,18-21H,1-2H3;3-7,18-20H,1-2H3;2-7,17-19H,1H3. The van der Waals surface area contributed by atoms with E-state index < -0.39 is 50.5 Å². The van der Waals surface area contributed by atoms with E-state index in [0.29, 0.717) is 16.7 Å². The summed E-state index contributed by atoms with van der Waals surface area (Å²) >= 11 is 0. The molecule has 4 heterocycles. The lowest BCUT2D eigenvalue weighted by Gasteiger charge is -2.13. The first-order valence-corrected chi connectivity index (χ1v) is 27.8. The molecule has 4 aromatic heterocycles. The van der Waals surface area contributed by atoms with Crippen LogP contribution in [-0.4, -0.2) is 123 Å². The number of hydrogen-bond donors (Lipinski definition) is 13. The molecule has 502 valence electrons. The fourth-order valence-corrected chi connectivity index (χ4v) is 9.94. The molecule has 0 saturated carbocycles. The Balaban J connectivity index is 0.000000152. The van der Waals surface area contributed by atoms with Gasteiger partial charge in [0.15, 0.2) is 80.5 Å². The first kappa shape index (κ1) is 67.8. The first-order valence-electron chi connectivity index (χ1n) is 27.8. The molecule has 0 spiro atoms. The van der Waals surface area contributed by atoms with Crippen molar-refractivity contribution < 1.29 is 122 Å². The van der Waals surface area contributed by atoms with E-state index in [1.807, 2.05) is 0 Å². The Morgan fingerprint density at radius 3 is 0.876 bits per heavy atom. The Hall–Kier alpha value is -13.6. The van der Waals surface area contributed by atoms with Crippen molar-refractivity contribution in [3.05, 3.63) is 156 Å². The van der Waals surface area contributed by atoms with Gasteiger partial charge in [0, 0.05) is 52.6 Å². The van der Waals surface area contributed by atoms with E-state index in [-0.39, 0.29) is 164 Å². The molecular weight excluding hydrogens is 1280 g/mol. The molecule has 13 N–H and O–H groups in total. The molecule has 0 amide bonds. The zero-order valence-electron chi connectivity index (χ0n) is 51.8. The van der Waals surface area contributed by atoms with Crippen LogP contribution in [-0.2, 0) is 0 Å². The van der Waals surface area contributed by atoms with Gasteiger partial charge in [0.1, 0.15) is 66.9 Å². The highest BCUT2D eigenvalue weighted by Gasteiger charge is 2.28. The van der Waals surface area contributed by atoms with Gasteiger partial charge in [-0.2, -0.15) is 0 Å². The maximum Gasteiger partial charge on any atom is 0.239 e. The van der Waals surface area contributed by atoms with Crippen molar-refractivity contribution in [2.45, 2.75) is 0 Å². The van der Waals surface area contributed by atoms with E-state index in [4.69, 9.17) is 55.6 Å². The topological polar surface area (TPSA) is 458 Å². The number of fused-ring (bicyclic) bond motifs is 4. The second-order valence-corrected chi connectivity index (χ2v) is 20.1. The summed E-state index contributed by atoms with van der Waals surface area (Å²) < 4.78 is 62.9. The molecule has 12 aromatic rings. The van der Waals surface area contributed by atoms with Crippen LogP contribution < -0.4 is 59.6 Å². The number of phenols is 13. The minimum Gasteiger partial charge on any atom is -0.508 e. The summed E-state index contributed by atoms with van der Waals surface area (Å²) in [6.07, 6.45) is 0. The van der Waals surface area contributed by atoms with Gasteiger partial charge in [0.2, 0.25) is 62.0 Å². The normalized spacial score (nSPS) is 10.8. The molecule has 12 rings (SSSR count). The first-order chi connectivity index (χ1) is 46.3. The monoisotopic (exact) mass is 1340 g/mol. The molecule has 0 aliphatic heterocycles. The fraction of sp³-hybridized carbons (Fsp3) is 0.118. The molecule has 29 nitrogen and oxygen atoms in total. The van der Waals surface area contributed by atoms with Crippen LogP contribution in [0.1, 0.15) is 0 Å². The largest absolute Gasteiger partial charge is 0.508 e. The third kappa shape index (κ3) is 12.7. The second kappa shape index (κ2) is 27.7. The molecule has 0 radical (unpaired) electrons. The highest BCUT2D eigenvalue weighted by Crippen LogP contribution is 2.48. The Labute approximate surface area is 543 Å². The zero-order chi connectivity index (χ0) is 70.6. The van der Waals surface area contributed by atoms with Gasteiger partial charge in [-0.1, -0.05) is 0 Å². The quantitative estimate of drug-likeness (QED) is 0.0506. The van der Waals surface area contributed by atoms with Crippen molar-refractivity contribution in [1.29, 1.82) is 0 Å². The van der Waals surface area contributed by atoms with Crippen LogP contribution in [0.4, 0.5) is 0 Å². The van der Waals surface area contributed by atoms with Crippen LogP contribution >= 0.6 is 0 Å². The smallest absolute Gasteiger partial charge is 0.239 e. The molecule has 0 aliphatic carbocycles. The van der Waals surface area contributed by atoms with Crippen LogP contribution in [0, 0.1) is 0 Å². The molecule has 0 aliphatic rings. The van der Waals surface area contributed by atoms with Gasteiger partial charge in [0.05, 0.1) is 56.9 Å². The summed E-state index contributed by atoms with van der Waals surface area (Å²) in [6, 6.07) is 25.9. The number of ether oxygens (including phenoxy) is 8. The third-order valence-electron chi connectivity index (χ3n) is 14.4. The van der Waals surface area contributed by atoms with Crippen LogP contribution in [0.25, 0.3) is 89.2 Å². The lowest BCUT2D eigenvalue weighted by atomic mass is 10.1. The number of hydrogen-bond acceptors (Lipinski definition) is 29. The van der Waals surface area contributed by atoms with Crippen molar-refractivity contribution in [3.63, 3.8) is 0 Å². The molecule has 0 bridgehead atoms. The van der Waals surface area contributed by atoms with Gasteiger partial charge < -0.3 is 122 Å². The van der Waals surface area contributed by atoms with E-state index >= 15 is 0 Å². The predicted molar refractivity (Wildman–Crippen MR) is 346 cm³/mol. The van der Waals surface area contributed by atoms with Crippen molar-refractivity contribution in [3.8, 4) is 166 Å². The van der Waals surface area contributed by atoms with Gasteiger partial charge in [-0.05, 0) is 84.9 Å². The lowest BCUT2D eigenvalue weighted by Crippen LogP contribution is -2.08. The van der Waals surface area contributed by atoms with Gasteiger partial charge in [-0.3, -0.25) is 19.2 Å². The second-order valence-electron chi connectivity index (χ2n) is 20.1. The number of aromatic hydroxyl groups is 13. The molecule has 8 aromatic carbocycles. The van der Waals surface area contributed by atoms with Crippen molar-refractivity contribution in [2.24, 2.45) is 0 Å². The van der Waals surface area contributed by atoms with Crippen molar-refractivity contribution >= 4 is 43.9 Å². The van der Waals surface area contributed by atoms with E-state index in [0.717, 1.165) is 18.2 Å². The van der Waals surface area contributed by atoms with Crippen LogP contribution in [0.5, 0.6) is 121 Å². The zero-order valence-corrected chi connectivity index (χ0v) is 51.8. The summed E-state index contributed by atoms with van der Waals surface area (Å²) in [5, 5.41) is 127. The maximum atomic E-state index is 12.8. The van der Waals surface area contributed by atoms with Crippen molar-refractivity contribution in [1.82, 2.24) is 0 Å². The number of benzene rings is 8. The molecule has 0 unspecified atom stereocenters. The number of phenolic OH excluding ortho intramolecular Hbond substituents is 13. The Bertz CT molecular complexity index is 5280. The predicted octanol–water partition coefficient (Wildman–Crippen LogP) is 10.1.